The maximum atomic E-state index is 11.3. The molecule has 0 spiro atoms. The maximum absolute atomic E-state index is 11.3. The average molecular weight is 489 g/mol. The van der Waals surface area contributed by atoms with Crippen LogP contribution in [0.4, 0.5) is 17.2 Å². The van der Waals surface area contributed by atoms with Gasteiger partial charge in [0.2, 0.25) is 5.91 Å². The van der Waals surface area contributed by atoms with E-state index in [9.17, 15) is 9.90 Å². The average Bonchev–Trinajstić information content (AvgIpc) is 3.16. The Morgan fingerprint density at radius 1 is 1.11 bits per heavy atom. The number of benzene rings is 1. The van der Waals surface area contributed by atoms with Crippen LogP contribution < -0.4 is 26.6 Å². The molecule has 2 bridgehead atoms. The van der Waals surface area contributed by atoms with Crippen LogP contribution in [0.3, 0.4) is 0 Å². The Morgan fingerprint density at radius 2 is 1.89 bits per heavy atom. The Morgan fingerprint density at radius 3 is 2.64 bits per heavy atom. The van der Waals surface area contributed by atoms with E-state index in [2.05, 4.69) is 42.4 Å². The fraction of sp³-hybridized carbons (Fsp3) is 0.385. The number of phenols is 1. The van der Waals surface area contributed by atoms with Gasteiger partial charge in [0.15, 0.2) is 5.82 Å². The summed E-state index contributed by atoms with van der Waals surface area (Å²) in [6.45, 7) is 2.26. The first-order valence-corrected chi connectivity index (χ1v) is 12.4. The van der Waals surface area contributed by atoms with Crippen LogP contribution in [0.15, 0.2) is 48.7 Å². The van der Waals surface area contributed by atoms with Gasteiger partial charge in [-0.25, -0.2) is 0 Å². The van der Waals surface area contributed by atoms with Gasteiger partial charge < -0.3 is 31.7 Å². The van der Waals surface area contributed by atoms with Gasteiger partial charge in [-0.2, -0.15) is 0 Å². The summed E-state index contributed by atoms with van der Waals surface area (Å²) in [4.78, 5) is 20.7. The fourth-order valence-corrected chi connectivity index (χ4v) is 5.32. The number of nitrogens with one attached hydrogen (secondary N) is 1. The molecule has 2 unspecified atom stereocenters. The van der Waals surface area contributed by atoms with Crippen molar-refractivity contribution in [3.05, 3.63) is 54.4 Å². The van der Waals surface area contributed by atoms with E-state index in [0.29, 0.717) is 35.7 Å². The first-order chi connectivity index (χ1) is 17.5. The molecule has 1 amide bonds. The van der Waals surface area contributed by atoms with Crippen molar-refractivity contribution in [3.63, 3.8) is 0 Å². The van der Waals surface area contributed by atoms with Crippen molar-refractivity contribution in [1.82, 2.24) is 20.5 Å². The normalized spacial score (nSPS) is 18.9. The van der Waals surface area contributed by atoms with Crippen LogP contribution in [0.5, 0.6) is 5.75 Å². The molecular weight excluding hydrogens is 456 g/mol. The van der Waals surface area contributed by atoms with Gasteiger partial charge in [-0.15, -0.1) is 10.2 Å². The predicted octanol–water partition coefficient (Wildman–Crippen LogP) is 1.69. The zero-order chi connectivity index (χ0) is 25.1. The molecule has 0 saturated carbocycles. The molecular formula is C26H32N8O2. The highest BCUT2D eigenvalue weighted by atomic mass is 16.3. The second-order valence-electron chi connectivity index (χ2n) is 9.38. The third kappa shape index (κ3) is 4.90. The summed E-state index contributed by atoms with van der Waals surface area (Å²) in [6, 6.07) is 14.0. The molecule has 0 aliphatic carbocycles. The number of amides is 1. The number of nitrogens with two attached hydrogens (primary N) is 2. The van der Waals surface area contributed by atoms with Crippen molar-refractivity contribution < 1.29 is 9.90 Å². The predicted molar refractivity (Wildman–Crippen MR) is 140 cm³/mol. The molecule has 2 aliphatic rings. The number of rotatable bonds is 8. The van der Waals surface area contributed by atoms with Crippen LogP contribution in [0.2, 0.25) is 0 Å². The highest BCUT2D eigenvalue weighted by molar-refractivity contribution is 5.77. The van der Waals surface area contributed by atoms with E-state index in [1.54, 1.807) is 12.1 Å². The fourth-order valence-electron chi connectivity index (χ4n) is 5.32. The van der Waals surface area contributed by atoms with Crippen LogP contribution in [0, 0.1) is 0 Å². The van der Waals surface area contributed by atoms with Gasteiger partial charge in [-0.3, -0.25) is 9.78 Å². The van der Waals surface area contributed by atoms with Crippen molar-refractivity contribution in [2.75, 3.05) is 41.7 Å². The van der Waals surface area contributed by atoms with Crippen molar-refractivity contribution in [1.29, 1.82) is 0 Å². The van der Waals surface area contributed by atoms with E-state index in [0.717, 1.165) is 50.2 Å². The first kappa shape index (κ1) is 23.8. The lowest BCUT2D eigenvalue weighted by Gasteiger charge is -2.43. The minimum Gasteiger partial charge on any atom is -0.507 e. The summed E-state index contributed by atoms with van der Waals surface area (Å²) in [5.74, 6) is 0.432. The highest BCUT2D eigenvalue weighted by Gasteiger charge is 2.40. The first-order valence-electron chi connectivity index (χ1n) is 12.4. The Balaban J connectivity index is 1.29. The van der Waals surface area contributed by atoms with E-state index >= 15 is 0 Å². The largest absolute Gasteiger partial charge is 0.507 e. The molecule has 3 aromatic rings. The Labute approximate surface area is 210 Å². The quantitative estimate of drug-likeness (QED) is 0.348. The number of carbonyl (C=O) groups is 1. The number of fused-ring (bicyclic) bond motifs is 2. The van der Waals surface area contributed by atoms with Gasteiger partial charge in [0.25, 0.3) is 0 Å². The van der Waals surface area contributed by atoms with Crippen LogP contribution >= 0.6 is 0 Å². The summed E-state index contributed by atoms with van der Waals surface area (Å²) < 4.78 is 0. The van der Waals surface area contributed by atoms with Crippen molar-refractivity contribution in [3.8, 4) is 17.0 Å². The molecule has 4 heterocycles. The van der Waals surface area contributed by atoms with E-state index < -0.39 is 0 Å². The van der Waals surface area contributed by atoms with Gasteiger partial charge >= 0.3 is 0 Å². The minimum atomic E-state index is -0.135. The van der Waals surface area contributed by atoms with Crippen LogP contribution in [-0.2, 0) is 11.2 Å². The smallest absolute Gasteiger partial charge is 0.233 e. The van der Waals surface area contributed by atoms with E-state index in [1.807, 2.05) is 24.4 Å². The van der Waals surface area contributed by atoms with Gasteiger partial charge in [0, 0.05) is 54.9 Å². The van der Waals surface area contributed by atoms with Gasteiger partial charge in [-0.05, 0) is 56.0 Å². The number of piperazine rings is 1. The number of anilines is 3. The second kappa shape index (κ2) is 10.4. The number of pyridine rings is 1. The topological polar surface area (TPSA) is 147 Å². The van der Waals surface area contributed by atoms with Crippen molar-refractivity contribution in [2.24, 2.45) is 5.73 Å². The lowest BCUT2D eigenvalue weighted by molar-refractivity contribution is -0.119. The van der Waals surface area contributed by atoms with E-state index in [-0.39, 0.29) is 18.2 Å². The standard InChI is InChI=1S/C26H32N8O2/c27-14-25(36)30-10-3-4-17-12-18(9-11-29-17)34-19-7-8-20(34)16-33(15-19)23-13-22(31-32-26(23)28)21-5-1-2-6-24(21)35/h1-2,5-6,9,11-13,19-20,35H,3-4,7-8,10,14-16,27H2,(H2,28,32)(H,30,36). The number of aryl methyl sites for hydroxylation is 1. The molecule has 5 rings (SSSR count). The van der Waals surface area contributed by atoms with E-state index in [1.165, 1.54) is 5.69 Å². The van der Waals surface area contributed by atoms with Gasteiger partial charge in [0.05, 0.1) is 17.9 Å². The number of para-hydroxylation sites is 1. The third-order valence-corrected chi connectivity index (χ3v) is 7.02. The third-order valence-electron chi connectivity index (χ3n) is 7.02. The Hall–Kier alpha value is -3.92. The highest BCUT2D eigenvalue weighted by Crippen LogP contribution is 2.39. The molecule has 1 aromatic carbocycles. The number of aromatic nitrogens is 3. The number of hydrogen-bond acceptors (Lipinski definition) is 9. The molecule has 10 heteroatoms. The van der Waals surface area contributed by atoms with Crippen LogP contribution in [-0.4, -0.2) is 64.5 Å². The molecule has 2 fully saturated rings. The lowest BCUT2D eigenvalue weighted by Crippen LogP contribution is -2.54. The molecule has 10 nitrogen and oxygen atoms in total. The molecule has 188 valence electrons. The molecule has 2 saturated heterocycles. The van der Waals surface area contributed by atoms with Crippen molar-refractivity contribution >= 4 is 23.1 Å². The van der Waals surface area contributed by atoms with Crippen molar-refractivity contribution in [2.45, 2.75) is 37.8 Å². The van der Waals surface area contributed by atoms with Gasteiger partial charge in [-0.1, -0.05) is 12.1 Å². The molecule has 2 aromatic heterocycles. The number of phenolic OH excluding ortho intramolecular Hbond substituents is 1. The summed E-state index contributed by atoms with van der Waals surface area (Å²) in [5, 5.41) is 21.5. The number of nitrogen functional groups attached to an aromatic ring is 1. The zero-order valence-electron chi connectivity index (χ0n) is 20.2. The molecule has 0 radical (unpaired) electrons. The summed E-state index contributed by atoms with van der Waals surface area (Å²) in [7, 11) is 0. The number of nitrogens with zero attached hydrogens (tertiary/aromatic N) is 5. The number of aromatic hydroxyl groups is 1. The summed E-state index contributed by atoms with van der Waals surface area (Å²) in [6.07, 6.45) is 5.69. The summed E-state index contributed by atoms with van der Waals surface area (Å²) in [5.41, 5.74) is 15.9. The Bertz CT molecular complexity index is 1220. The Kier molecular flexibility index (Phi) is 6.86. The minimum absolute atomic E-state index is 0.0136. The van der Waals surface area contributed by atoms with E-state index in [4.69, 9.17) is 11.5 Å². The number of hydrogen-bond donors (Lipinski definition) is 4. The van der Waals surface area contributed by atoms with Crippen LogP contribution in [0.25, 0.3) is 11.3 Å². The second-order valence-corrected chi connectivity index (χ2v) is 9.38. The zero-order valence-corrected chi connectivity index (χ0v) is 20.2. The molecule has 36 heavy (non-hydrogen) atoms. The SMILES string of the molecule is NCC(=O)NCCCc1cc(N2C3CCC2CN(c2cc(-c4ccccc4O)nnc2N)C3)ccn1. The molecule has 6 N–H and O–H groups in total. The lowest BCUT2D eigenvalue weighted by atomic mass is 10.1. The molecule has 2 aliphatic heterocycles. The maximum Gasteiger partial charge on any atom is 0.233 e. The summed E-state index contributed by atoms with van der Waals surface area (Å²) >= 11 is 0. The molecule has 2 atom stereocenters. The van der Waals surface area contributed by atoms with Crippen LogP contribution in [0.1, 0.15) is 25.0 Å². The van der Waals surface area contributed by atoms with Gasteiger partial charge in [0.1, 0.15) is 5.75 Å². The monoisotopic (exact) mass is 488 g/mol. The number of carbonyl (C=O) groups excluding carboxylic acids is 1.